The van der Waals surface area contributed by atoms with Crippen molar-refractivity contribution in [3.63, 3.8) is 0 Å². The van der Waals surface area contributed by atoms with Gasteiger partial charge < -0.3 is 20.1 Å². The van der Waals surface area contributed by atoms with Crippen LogP contribution in [0.2, 0.25) is 0 Å². The molecule has 2 unspecified atom stereocenters. The number of rotatable bonds is 9. The van der Waals surface area contributed by atoms with Crippen molar-refractivity contribution in [1.82, 2.24) is 10.6 Å². The molecule has 2 N–H and O–H groups in total. The summed E-state index contributed by atoms with van der Waals surface area (Å²) in [6, 6.07) is 8.72. The van der Waals surface area contributed by atoms with Crippen LogP contribution in [-0.2, 0) is 9.47 Å². The molecular formula is C20H34IN3O2. The number of hydrogen-bond donors (Lipinski definition) is 2. The number of nitrogens with one attached hydrogen (secondary N) is 2. The van der Waals surface area contributed by atoms with Gasteiger partial charge in [-0.2, -0.15) is 0 Å². The Balaban J connectivity index is 0.00000338. The normalized spacial score (nSPS) is 18.3. The largest absolute Gasteiger partial charge is 0.381 e. The lowest BCUT2D eigenvalue weighted by atomic mass is 10.0. The van der Waals surface area contributed by atoms with Gasteiger partial charge in [0.15, 0.2) is 5.96 Å². The Bertz CT molecular complexity index is 516. The SMILES string of the molecule is CN=C(NCCCOCC1CCOC1)NCC(C)c1ccc(C)cc1.I. The summed E-state index contributed by atoms with van der Waals surface area (Å²) in [5, 5.41) is 6.75. The Morgan fingerprint density at radius 1 is 1.31 bits per heavy atom. The van der Waals surface area contributed by atoms with Gasteiger partial charge >= 0.3 is 0 Å². The Hall–Kier alpha value is -0.860. The second kappa shape index (κ2) is 13.3. The number of guanidine groups is 1. The third kappa shape index (κ3) is 8.68. The summed E-state index contributed by atoms with van der Waals surface area (Å²) in [4.78, 5) is 4.29. The van der Waals surface area contributed by atoms with Crippen molar-refractivity contribution < 1.29 is 9.47 Å². The van der Waals surface area contributed by atoms with Crippen molar-refractivity contribution in [1.29, 1.82) is 0 Å². The fourth-order valence-electron chi connectivity index (χ4n) is 2.83. The maximum Gasteiger partial charge on any atom is 0.190 e. The molecule has 0 radical (unpaired) electrons. The molecule has 0 aromatic heterocycles. The van der Waals surface area contributed by atoms with Crippen LogP contribution in [0.25, 0.3) is 0 Å². The first kappa shape index (κ1) is 23.2. The highest BCUT2D eigenvalue weighted by atomic mass is 127. The van der Waals surface area contributed by atoms with E-state index >= 15 is 0 Å². The van der Waals surface area contributed by atoms with E-state index in [9.17, 15) is 0 Å². The first-order valence-corrected chi connectivity index (χ1v) is 9.35. The third-order valence-electron chi connectivity index (χ3n) is 4.58. The molecule has 0 amide bonds. The van der Waals surface area contributed by atoms with Crippen LogP contribution in [0.5, 0.6) is 0 Å². The van der Waals surface area contributed by atoms with Gasteiger partial charge in [-0.1, -0.05) is 36.8 Å². The van der Waals surface area contributed by atoms with E-state index in [1.54, 1.807) is 0 Å². The summed E-state index contributed by atoms with van der Waals surface area (Å²) < 4.78 is 11.1. The maximum absolute atomic E-state index is 5.72. The zero-order chi connectivity index (χ0) is 17.9. The molecule has 5 nitrogen and oxygen atoms in total. The third-order valence-corrected chi connectivity index (χ3v) is 4.58. The fraction of sp³-hybridized carbons (Fsp3) is 0.650. The molecule has 148 valence electrons. The average molecular weight is 475 g/mol. The molecule has 2 atom stereocenters. The van der Waals surface area contributed by atoms with Gasteiger partial charge in [0.25, 0.3) is 0 Å². The second-order valence-corrected chi connectivity index (χ2v) is 6.85. The molecule has 0 bridgehead atoms. The molecule has 0 aliphatic carbocycles. The van der Waals surface area contributed by atoms with E-state index in [2.05, 4.69) is 53.7 Å². The van der Waals surface area contributed by atoms with Crippen molar-refractivity contribution >= 4 is 29.9 Å². The van der Waals surface area contributed by atoms with Crippen LogP contribution in [0.4, 0.5) is 0 Å². The van der Waals surface area contributed by atoms with Crippen molar-refractivity contribution in [2.24, 2.45) is 10.9 Å². The number of hydrogen-bond acceptors (Lipinski definition) is 3. The lowest BCUT2D eigenvalue weighted by molar-refractivity contribution is 0.0888. The van der Waals surface area contributed by atoms with Crippen LogP contribution in [0.3, 0.4) is 0 Å². The quantitative estimate of drug-likeness (QED) is 0.249. The Morgan fingerprint density at radius 3 is 2.73 bits per heavy atom. The lowest BCUT2D eigenvalue weighted by Crippen LogP contribution is -2.39. The summed E-state index contributed by atoms with van der Waals surface area (Å²) in [7, 11) is 1.81. The molecule has 1 aromatic rings. The minimum Gasteiger partial charge on any atom is -0.381 e. The van der Waals surface area contributed by atoms with Crippen LogP contribution in [0.15, 0.2) is 29.3 Å². The van der Waals surface area contributed by atoms with Crippen molar-refractivity contribution in [3.8, 4) is 0 Å². The Labute approximate surface area is 175 Å². The van der Waals surface area contributed by atoms with Gasteiger partial charge in [-0.05, 0) is 31.2 Å². The standard InChI is InChI=1S/C20H33N3O2.HI/c1-16-5-7-19(8-6-16)17(2)13-23-20(21-3)22-10-4-11-24-14-18-9-12-25-15-18;/h5-8,17-18H,4,9-15H2,1-3H3,(H2,21,22,23);1H. The molecule has 26 heavy (non-hydrogen) atoms. The van der Waals surface area contributed by atoms with Gasteiger partial charge in [0.2, 0.25) is 0 Å². The summed E-state index contributed by atoms with van der Waals surface area (Å²) >= 11 is 0. The zero-order valence-corrected chi connectivity index (χ0v) is 18.6. The second-order valence-electron chi connectivity index (χ2n) is 6.85. The van der Waals surface area contributed by atoms with Gasteiger partial charge in [-0.3, -0.25) is 4.99 Å². The van der Waals surface area contributed by atoms with Crippen molar-refractivity contribution in [2.75, 3.05) is 46.6 Å². The van der Waals surface area contributed by atoms with E-state index in [0.29, 0.717) is 11.8 Å². The van der Waals surface area contributed by atoms with Crippen molar-refractivity contribution in [2.45, 2.75) is 32.6 Å². The van der Waals surface area contributed by atoms with E-state index in [4.69, 9.17) is 9.47 Å². The van der Waals surface area contributed by atoms with Crippen LogP contribution in [0, 0.1) is 12.8 Å². The summed E-state index contributed by atoms with van der Waals surface area (Å²) in [5.74, 6) is 1.88. The first-order valence-electron chi connectivity index (χ1n) is 9.35. The number of nitrogens with zero attached hydrogens (tertiary/aromatic N) is 1. The number of benzene rings is 1. The molecule has 1 aliphatic rings. The van der Waals surface area contributed by atoms with E-state index in [0.717, 1.165) is 58.3 Å². The Kier molecular flexibility index (Phi) is 11.9. The van der Waals surface area contributed by atoms with Gasteiger partial charge in [-0.25, -0.2) is 0 Å². The highest BCUT2D eigenvalue weighted by Crippen LogP contribution is 2.14. The van der Waals surface area contributed by atoms with Gasteiger partial charge in [0.05, 0.1) is 13.2 Å². The highest BCUT2D eigenvalue weighted by molar-refractivity contribution is 14.0. The van der Waals surface area contributed by atoms with Crippen LogP contribution in [-0.4, -0.2) is 52.5 Å². The fourth-order valence-corrected chi connectivity index (χ4v) is 2.83. The predicted molar refractivity (Wildman–Crippen MR) is 119 cm³/mol. The molecule has 1 aliphatic heterocycles. The molecule has 1 heterocycles. The summed E-state index contributed by atoms with van der Waals surface area (Å²) in [6.45, 7) is 9.41. The van der Waals surface area contributed by atoms with E-state index in [1.807, 2.05) is 7.05 Å². The van der Waals surface area contributed by atoms with E-state index < -0.39 is 0 Å². The molecular weight excluding hydrogens is 441 g/mol. The molecule has 0 saturated carbocycles. The maximum atomic E-state index is 5.72. The monoisotopic (exact) mass is 475 g/mol. The van der Waals surface area contributed by atoms with Crippen LogP contribution >= 0.6 is 24.0 Å². The highest BCUT2D eigenvalue weighted by Gasteiger charge is 2.15. The number of aryl methyl sites for hydroxylation is 1. The molecule has 1 saturated heterocycles. The average Bonchev–Trinajstić information content (AvgIpc) is 3.14. The molecule has 2 rings (SSSR count). The van der Waals surface area contributed by atoms with Gasteiger partial charge in [0, 0.05) is 39.3 Å². The molecule has 1 fully saturated rings. The van der Waals surface area contributed by atoms with Gasteiger partial charge in [-0.15, -0.1) is 24.0 Å². The minimum absolute atomic E-state index is 0. The van der Waals surface area contributed by atoms with E-state index in [-0.39, 0.29) is 24.0 Å². The molecule has 1 aromatic carbocycles. The Morgan fingerprint density at radius 2 is 2.08 bits per heavy atom. The van der Waals surface area contributed by atoms with Crippen LogP contribution < -0.4 is 10.6 Å². The first-order chi connectivity index (χ1) is 12.2. The number of aliphatic imine (C=N–C) groups is 1. The predicted octanol–water partition coefficient (Wildman–Crippen LogP) is 3.32. The smallest absolute Gasteiger partial charge is 0.190 e. The van der Waals surface area contributed by atoms with Gasteiger partial charge in [0.1, 0.15) is 0 Å². The summed E-state index contributed by atoms with van der Waals surface area (Å²) in [6.07, 6.45) is 2.11. The minimum atomic E-state index is 0. The van der Waals surface area contributed by atoms with Crippen molar-refractivity contribution in [3.05, 3.63) is 35.4 Å². The van der Waals surface area contributed by atoms with E-state index in [1.165, 1.54) is 11.1 Å². The zero-order valence-electron chi connectivity index (χ0n) is 16.3. The number of ether oxygens (including phenoxy) is 2. The molecule has 0 spiro atoms. The van der Waals surface area contributed by atoms with Crippen LogP contribution in [0.1, 0.15) is 36.8 Å². The topological polar surface area (TPSA) is 54.9 Å². The summed E-state index contributed by atoms with van der Waals surface area (Å²) in [5.41, 5.74) is 2.64. The lowest BCUT2D eigenvalue weighted by Gasteiger charge is -2.16. The molecule has 6 heteroatoms. The number of halogens is 1.